The Bertz CT molecular complexity index is 1480. The monoisotopic (exact) mass is 541 g/mol. The summed E-state index contributed by atoms with van der Waals surface area (Å²) in [5.41, 5.74) is 3.23. The SMILES string of the molecule is CC(NC(=O)c1ccc2nc(-c3ccc(F)cc3)c(CCCC(F)(F)C(=O)O)nc2c1)c1ccc(Cl)cc1. The number of rotatable bonds is 9. The maximum atomic E-state index is 13.6. The minimum atomic E-state index is -3.87. The standard InChI is InChI=1S/C28H23ClF3N3O3/c1-16(17-4-9-20(29)10-5-17)33-26(36)19-8-13-22-24(15-19)34-23(3-2-14-28(31,32)27(37)38)25(35-22)18-6-11-21(30)12-7-18/h4-13,15-16H,2-3,14H2,1H3,(H,33,36)(H,37,38). The number of nitrogens with one attached hydrogen (secondary N) is 1. The number of nitrogens with zero attached hydrogens (tertiary/aromatic N) is 2. The van der Waals surface area contributed by atoms with E-state index in [4.69, 9.17) is 16.7 Å². The van der Waals surface area contributed by atoms with Gasteiger partial charge < -0.3 is 10.4 Å². The van der Waals surface area contributed by atoms with E-state index in [-0.39, 0.29) is 24.8 Å². The van der Waals surface area contributed by atoms with Gasteiger partial charge in [0.25, 0.3) is 5.91 Å². The number of aryl methyl sites for hydroxylation is 1. The van der Waals surface area contributed by atoms with Crippen molar-refractivity contribution in [3.8, 4) is 11.3 Å². The van der Waals surface area contributed by atoms with Crippen molar-refractivity contribution in [2.75, 3.05) is 0 Å². The fourth-order valence-electron chi connectivity index (χ4n) is 3.94. The van der Waals surface area contributed by atoms with Crippen LogP contribution in [0.3, 0.4) is 0 Å². The third-order valence-electron chi connectivity index (χ3n) is 6.05. The van der Waals surface area contributed by atoms with Crippen LogP contribution in [0.25, 0.3) is 22.3 Å². The lowest BCUT2D eigenvalue weighted by molar-refractivity contribution is -0.165. The molecule has 0 aliphatic heterocycles. The van der Waals surface area contributed by atoms with Crippen molar-refractivity contribution >= 4 is 34.5 Å². The van der Waals surface area contributed by atoms with E-state index in [1.54, 1.807) is 30.3 Å². The average Bonchev–Trinajstić information content (AvgIpc) is 2.88. The van der Waals surface area contributed by atoms with Crippen molar-refractivity contribution < 1.29 is 27.9 Å². The van der Waals surface area contributed by atoms with E-state index in [1.807, 2.05) is 19.1 Å². The molecule has 38 heavy (non-hydrogen) atoms. The fraction of sp³-hybridized carbons (Fsp3) is 0.214. The summed E-state index contributed by atoms with van der Waals surface area (Å²) in [6.45, 7) is 1.84. The molecule has 6 nitrogen and oxygen atoms in total. The molecule has 0 fully saturated rings. The Labute approximate surface area is 221 Å². The maximum absolute atomic E-state index is 13.6. The second-order valence-corrected chi connectivity index (χ2v) is 9.28. The van der Waals surface area contributed by atoms with Gasteiger partial charge in [-0.2, -0.15) is 8.78 Å². The number of carbonyl (C=O) groups is 2. The summed E-state index contributed by atoms with van der Waals surface area (Å²) in [5, 5.41) is 12.2. The van der Waals surface area contributed by atoms with Gasteiger partial charge in [0.15, 0.2) is 0 Å². The number of carbonyl (C=O) groups excluding carboxylic acids is 1. The van der Waals surface area contributed by atoms with Gasteiger partial charge in [-0.3, -0.25) is 4.79 Å². The summed E-state index contributed by atoms with van der Waals surface area (Å²) in [6, 6.07) is 17.1. The second kappa shape index (κ2) is 11.2. The number of aromatic nitrogens is 2. The zero-order valence-corrected chi connectivity index (χ0v) is 21.0. The van der Waals surface area contributed by atoms with E-state index in [0.717, 1.165) is 5.56 Å². The third-order valence-corrected chi connectivity index (χ3v) is 6.30. The predicted octanol–water partition coefficient (Wildman–Crippen LogP) is 6.62. The van der Waals surface area contributed by atoms with Crippen molar-refractivity contribution in [1.82, 2.24) is 15.3 Å². The summed E-state index contributed by atoms with van der Waals surface area (Å²) in [6.07, 6.45) is -1.05. The van der Waals surface area contributed by atoms with E-state index in [0.29, 0.717) is 38.6 Å². The molecule has 196 valence electrons. The summed E-state index contributed by atoms with van der Waals surface area (Å²) in [4.78, 5) is 32.9. The van der Waals surface area contributed by atoms with Crippen LogP contribution in [0.15, 0.2) is 66.7 Å². The molecule has 0 spiro atoms. The van der Waals surface area contributed by atoms with Crippen LogP contribution in [0.1, 0.15) is 47.4 Å². The number of benzene rings is 3. The minimum Gasteiger partial charge on any atom is -0.477 e. The summed E-state index contributed by atoms with van der Waals surface area (Å²) >= 11 is 5.93. The Morgan fingerprint density at radius 2 is 1.68 bits per heavy atom. The molecule has 0 aliphatic carbocycles. The predicted molar refractivity (Wildman–Crippen MR) is 138 cm³/mol. The normalized spacial score (nSPS) is 12.3. The zero-order chi connectivity index (χ0) is 27.4. The Morgan fingerprint density at radius 1 is 1.00 bits per heavy atom. The molecule has 10 heteroatoms. The van der Waals surface area contributed by atoms with Gasteiger partial charge in [-0.15, -0.1) is 0 Å². The van der Waals surface area contributed by atoms with E-state index in [2.05, 4.69) is 15.3 Å². The van der Waals surface area contributed by atoms with Crippen molar-refractivity contribution in [2.24, 2.45) is 0 Å². The van der Waals surface area contributed by atoms with Crippen LogP contribution >= 0.6 is 11.6 Å². The lowest BCUT2D eigenvalue weighted by Crippen LogP contribution is -2.28. The van der Waals surface area contributed by atoms with Crippen LogP contribution in [0.5, 0.6) is 0 Å². The quantitative estimate of drug-likeness (QED) is 0.248. The van der Waals surface area contributed by atoms with Crippen LogP contribution in [-0.4, -0.2) is 32.9 Å². The number of carboxylic acids is 1. The highest BCUT2D eigenvalue weighted by Crippen LogP contribution is 2.28. The molecule has 4 aromatic rings. The first-order valence-electron chi connectivity index (χ1n) is 11.8. The van der Waals surface area contributed by atoms with E-state index >= 15 is 0 Å². The highest BCUT2D eigenvalue weighted by molar-refractivity contribution is 6.30. The first kappa shape index (κ1) is 27.1. The highest BCUT2D eigenvalue weighted by Gasteiger charge is 2.37. The molecule has 2 N–H and O–H groups in total. The molecule has 0 radical (unpaired) electrons. The Hall–Kier alpha value is -3.98. The fourth-order valence-corrected chi connectivity index (χ4v) is 4.07. The first-order valence-corrected chi connectivity index (χ1v) is 12.2. The molecule has 1 heterocycles. The Kier molecular flexibility index (Phi) is 7.97. The van der Waals surface area contributed by atoms with Crippen LogP contribution < -0.4 is 5.32 Å². The minimum absolute atomic E-state index is 0.00252. The number of carboxylic acid groups (broad SMARTS) is 1. The molecule has 1 aromatic heterocycles. The molecule has 1 amide bonds. The molecule has 0 aliphatic rings. The van der Waals surface area contributed by atoms with Gasteiger partial charge in [0.2, 0.25) is 0 Å². The van der Waals surface area contributed by atoms with Crippen molar-refractivity contribution in [2.45, 2.75) is 38.2 Å². The van der Waals surface area contributed by atoms with Crippen LogP contribution in [-0.2, 0) is 11.2 Å². The van der Waals surface area contributed by atoms with E-state index in [1.165, 1.54) is 24.3 Å². The number of hydrogen-bond acceptors (Lipinski definition) is 4. The number of aliphatic carboxylic acids is 1. The molecule has 4 rings (SSSR count). The second-order valence-electron chi connectivity index (χ2n) is 8.84. The molecule has 0 saturated carbocycles. The summed E-state index contributed by atoms with van der Waals surface area (Å²) in [7, 11) is 0. The van der Waals surface area contributed by atoms with Gasteiger partial charge in [0.05, 0.1) is 28.5 Å². The lowest BCUT2D eigenvalue weighted by Gasteiger charge is -2.15. The average molecular weight is 542 g/mol. The van der Waals surface area contributed by atoms with Gasteiger partial charge >= 0.3 is 11.9 Å². The van der Waals surface area contributed by atoms with Gasteiger partial charge in [-0.05, 0) is 79.9 Å². The van der Waals surface area contributed by atoms with Crippen molar-refractivity contribution in [3.05, 3.63) is 94.4 Å². The summed E-state index contributed by atoms with van der Waals surface area (Å²) in [5.74, 6) is -6.86. The maximum Gasteiger partial charge on any atom is 0.374 e. The first-order chi connectivity index (χ1) is 18.0. The van der Waals surface area contributed by atoms with Gasteiger partial charge in [0.1, 0.15) is 5.82 Å². The Balaban J connectivity index is 1.64. The lowest BCUT2D eigenvalue weighted by atomic mass is 10.0. The Morgan fingerprint density at radius 3 is 2.34 bits per heavy atom. The third kappa shape index (κ3) is 6.28. The molecular weight excluding hydrogens is 519 g/mol. The number of alkyl halides is 2. The van der Waals surface area contributed by atoms with Crippen LogP contribution in [0, 0.1) is 5.82 Å². The van der Waals surface area contributed by atoms with Crippen LogP contribution in [0.4, 0.5) is 13.2 Å². The molecule has 0 bridgehead atoms. The van der Waals surface area contributed by atoms with E-state index in [9.17, 15) is 22.8 Å². The number of fused-ring (bicyclic) bond motifs is 1. The molecule has 0 saturated heterocycles. The molecule has 1 unspecified atom stereocenters. The van der Waals surface area contributed by atoms with Crippen LogP contribution in [0.2, 0.25) is 5.02 Å². The van der Waals surface area contributed by atoms with Crippen molar-refractivity contribution in [3.63, 3.8) is 0 Å². The number of halogens is 4. The summed E-state index contributed by atoms with van der Waals surface area (Å²) < 4.78 is 40.7. The van der Waals surface area contributed by atoms with Gasteiger partial charge in [-0.25, -0.2) is 19.2 Å². The smallest absolute Gasteiger partial charge is 0.374 e. The largest absolute Gasteiger partial charge is 0.477 e. The van der Waals surface area contributed by atoms with Gasteiger partial charge in [0, 0.05) is 22.6 Å². The molecular formula is C28H23ClF3N3O3. The van der Waals surface area contributed by atoms with Crippen molar-refractivity contribution in [1.29, 1.82) is 0 Å². The highest BCUT2D eigenvalue weighted by atomic mass is 35.5. The van der Waals surface area contributed by atoms with Gasteiger partial charge in [-0.1, -0.05) is 23.7 Å². The topological polar surface area (TPSA) is 92.2 Å². The number of hydrogen-bond donors (Lipinski definition) is 2. The number of amides is 1. The zero-order valence-electron chi connectivity index (χ0n) is 20.2. The molecule has 3 aromatic carbocycles. The van der Waals surface area contributed by atoms with E-state index < -0.39 is 24.1 Å². The molecule has 1 atom stereocenters.